The van der Waals surface area contributed by atoms with Gasteiger partial charge in [-0.25, -0.2) is 0 Å². The number of hydrazine groups is 1. The number of amides is 1. The van der Waals surface area contributed by atoms with E-state index in [9.17, 15) is 4.79 Å². The van der Waals surface area contributed by atoms with Crippen LogP contribution in [0, 0.1) is 0 Å². The molecule has 1 heterocycles. The van der Waals surface area contributed by atoms with Gasteiger partial charge in [0.2, 0.25) is 0 Å². The Hall–Kier alpha value is -1.59. The maximum absolute atomic E-state index is 12.4. The summed E-state index contributed by atoms with van der Waals surface area (Å²) in [5.74, 6) is 5.47. The average molecular weight is 263 g/mol. The number of nitrogens with two attached hydrogens (primary N) is 1. The second-order valence-corrected chi connectivity index (χ2v) is 4.64. The minimum absolute atomic E-state index is 0.0310. The van der Waals surface area contributed by atoms with Crippen molar-refractivity contribution >= 4 is 11.6 Å². The number of piperidine rings is 1. The smallest absolute Gasteiger partial charge is 0.256 e. The first-order valence-corrected chi connectivity index (χ1v) is 6.72. The lowest BCUT2D eigenvalue weighted by molar-refractivity contribution is 0.0146. The van der Waals surface area contributed by atoms with E-state index in [1.54, 1.807) is 12.1 Å². The minimum Gasteiger partial charge on any atom is -0.378 e. The molecule has 0 unspecified atom stereocenters. The Bertz CT molecular complexity index is 428. The fourth-order valence-electron chi connectivity index (χ4n) is 2.43. The quantitative estimate of drug-likeness (QED) is 0.640. The van der Waals surface area contributed by atoms with Crippen molar-refractivity contribution in [3.05, 3.63) is 29.8 Å². The van der Waals surface area contributed by atoms with Crippen molar-refractivity contribution in [3.63, 3.8) is 0 Å². The van der Waals surface area contributed by atoms with Gasteiger partial charge in [0.15, 0.2) is 0 Å². The lowest BCUT2D eigenvalue weighted by Crippen LogP contribution is -2.41. The van der Waals surface area contributed by atoms with Crippen molar-refractivity contribution in [2.24, 2.45) is 5.84 Å². The Morgan fingerprint density at radius 2 is 2.11 bits per heavy atom. The second-order valence-electron chi connectivity index (χ2n) is 4.64. The number of nitrogen functional groups attached to an aromatic ring is 1. The maximum Gasteiger partial charge on any atom is 0.256 e. The van der Waals surface area contributed by atoms with Gasteiger partial charge in [0.1, 0.15) is 0 Å². The second kappa shape index (κ2) is 6.54. The number of hydrogen-bond acceptors (Lipinski definition) is 4. The number of carbonyl (C=O) groups is 1. The van der Waals surface area contributed by atoms with Crippen LogP contribution in [-0.4, -0.2) is 36.6 Å². The fraction of sp³-hybridized carbons (Fsp3) is 0.500. The SMILES string of the molecule is CCOC1CCN(C(=O)c2ccccc2NN)CC1. The summed E-state index contributed by atoms with van der Waals surface area (Å²) in [7, 11) is 0. The zero-order valence-corrected chi connectivity index (χ0v) is 11.3. The number of para-hydroxylation sites is 1. The van der Waals surface area contributed by atoms with Crippen molar-refractivity contribution < 1.29 is 9.53 Å². The summed E-state index contributed by atoms with van der Waals surface area (Å²) in [6.07, 6.45) is 2.09. The molecule has 1 amide bonds. The third-order valence-corrected chi connectivity index (χ3v) is 3.44. The van der Waals surface area contributed by atoms with E-state index in [0.717, 1.165) is 32.5 Å². The van der Waals surface area contributed by atoms with Gasteiger partial charge in [-0.05, 0) is 31.9 Å². The zero-order chi connectivity index (χ0) is 13.7. The minimum atomic E-state index is 0.0310. The molecule has 0 atom stereocenters. The predicted octanol–water partition coefficient (Wildman–Crippen LogP) is 1.61. The molecular formula is C14H21N3O2. The monoisotopic (exact) mass is 263 g/mol. The molecule has 0 spiro atoms. The summed E-state index contributed by atoms with van der Waals surface area (Å²) in [6, 6.07) is 7.31. The van der Waals surface area contributed by atoms with Crippen molar-refractivity contribution in [1.82, 2.24) is 4.90 Å². The molecule has 104 valence electrons. The lowest BCUT2D eigenvalue weighted by Gasteiger charge is -2.32. The standard InChI is InChI=1S/C14H21N3O2/c1-2-19-11-7-9-17(10-8-11)14(18)12-5-3-4-6-13(12)16-15/h3-6,11,16H,2,7-10,15H2,1H3. The van der Waals surface area contributed by atoms with Gasteiger partial charge in [-0.3, -0.25) is 10.6 Å². The van der Waals surface area contributed by atoms with Crippen LogP contribution in [-0.2, 0) is 4.74 Å². The Balaban J connectivity index is 2.01. The van der Waals surface area contributed by atoms with E-state index >= 15 is 0 Å². The first kappa shape index (κ1) is 13.8. The van der Waals surface area contributed by atoms with Crippen LogP contribution in [0.1, 0.15) is 30.1 Å². The molecular weight excluding hydrogens is 242 g/mol. The molecule has 0 aromatic heterocycles. The van der Waals surface area contributed by atoms with Crippen LogP contribution in [0.4, 0.5) is 5.69 Å². The van der Waals surface area contributed by atoms with Crippen molar-refractivity contribution in [3.8, 4) is 0 Å². The van der Waals surface area contributed by atoms with Crippen LogP contribution in [0.3, 0.4) is 0 Å². The number of ether oxygens (including phenoxy) is 1. The van der Waals surface area contributed by atoms with Gasteiger partial charge in [-0.2, -0.15) is 0 Å². The molecule has 0 bridgehead atoms. The van der Waals surface area contributed by atoms with Crippen LogP contribution in [0.25, 0.3) is 0 Å². The summed E-state index contributed by atoms with van der Waals surface area (Å²) in [5.41, 5.74) is 3.86. The number of rotatable bonds is 4. The molecule has 5 nitrogen and oxygen atoms in total. The molecule has 1 aromatic carbocycles. The van der Waals surface area contributed by atoms with Gasteiger partial charge in [-0.1, -0.05) is 12.1 Å². The average Bonchev–Trinajstić information content (AvgIpc) is 2.47. The van der Waals surface area contributed by atoms with Gasteiger partial charge in [0.25, 0.3) is 5.91 Å². The largest absolute Gasteiger partial charge is 0.378 e. The zero-order valence-electron chi connectivity index (χ0n) is 11.3. The highest BCUT2D eigenvalue weighted by Gasteiger charge is 2.24. The maximum atomic E-state index is 12.4. The molecule has 3 N–H and O–H groups in total. The summed E-state index contributed by atoms with van der Waals surface area (Å²) >= 11 is 0. The highest BCUT2D eigenvalue weighted by molar-refractivity contribution is 5.99. The van der Waals surface area contributed by atoms with Crippen LogP contribution in [0.2, 0.25) is 0 Å². The summed E-state index contributed by atoms with van der Waals surface area (Å²) in [4.78, 5) is 14.3. The molecule has 1 fully saturated rings. The normalized spacial score (nSPS) is 16.4. The molecule has 5 heteroatoms. The summed E-state index contributed by atoms with van der Waals surface area (Å²) < 4.78 is 5.59. The molecule has 0 radical (unpaired) electrons. The molecule has 0 saturated carbocycles. The summed E-state index contributed by atoms with van der Waals surface area (Å²) in [6.45, 7) is 4.21. The Morgan fingerprint density at radius 3 is 2.74 bits per heavy atom. The van der Waals surface area contributed by atoms with Crippen LogP contribution < -0.4 is 11.3 Å². The first-order valence-electron chi connectivity index (χ1n) is 6.72. The van der Waals surface area contributed by atoms with E-state index in [4.69, 9.17) is 10.6 Å². The predicted molar refractivity (Wildman–Crippen MR) is 74.8 cm³/mol. The topological polar surface area (TPSA) is 67.6 Å². The van der Waals surface area contributed by atoms with Gasteiger partial charge in [0, 0.05) is 19.7 Å². The van der Waals surface area contributed by atoms with Crippen molar-refractivity contribution in [2.75, 3.05) is 25.1 Å². The highest BCUT2D eigenvalue weighted by Crippen LogP contribution is 2.20. The van der Waals surface area contributed by atoms with Crippen LogP contribution >= 0.6 is 0 Å². The van der Waals surface area contributed by atoms with Crippen molar-refractivity contribution in [1.29, 1.82) is 0 Å². The number of anilines is 1. The fourth-order valence-corrected chi connectivity index (χ4v) is 2.43. The third kappa shape index (κ3) is 3.24. The van der Waals surface area contributed by atoms with Gasteiger partial charge in [0.05, 0.1) is 17.4 Å². The van der Waals surface area contributed by atoms with Gasteiger partial charge in [-0.15, -0.1) is 0 Å². The number of benzene rings is 1. The van der Waals surface area contributed by atoms with E-state index < -0.39 is 0 Å². The van der Waals surface area contributed by atoms with E-state index in [1.807, 2.05) is 24.0 Å². The molecule has 1 aromatic rings. The molecule has 2 rings (SSSR count). The van der Waals surface area contributed by atoms with E-state index in [-0.39, 0.29) is 12.0 Å². The Labute approximate surface area is 113 Å². The third-order valence-electron chi connectivity index (χ3n) is 3.44. The van der Waals surface area contributed by atoms with E-state index in [0.29, 0.717) is 11.3 Å². The van der Waals surface area contributed by atoms with Crippen LogP contribution in [0.15, 0.2) is 24.3 Å². The first-order chi connectivity index (χ1) is 9.26. The van der Waals surface area contributed by atoms with Crippen molar-refractivity contribution in [2.45, 2.75) is 25.9 Å². The number of nitrogens with zero attached hydrogens (tertiary/aromatic N) is 1. The van der Waals surface area contributed by atoms with E-state index in [1.165, 1.54) is 0 Å². The number of likely N-dealkylation sites (tertiary alicyclic amines) is 1. The molecule has 1 saturated heterocycles. The van der Waals surface area contributed by atoms with Gasteiger partial charge >= 0.3 is 0 Å². The van der Waals surface area contributed by atoms with E-state index in [2.05, 4.69) is 5.43 Å². The number of hydrogen-bond donors (Lipinski definition) is 2. The van der Waals surface area contributed by atoms with Gasteiger partial charge < -0.3 is 15.1 Å². The Kier molecular flexibility index (Phi) is 4.76. The summed E-state index contributed by atoms with van der Waals surface area (Å²) in [5, 5.41) is 0. The van der Waals surface area contributed by atoms with Crippen LogP contribution in [0.5, 0.6) is 0 Å². The number of nitrogens with one attached hydrogen (secondary N) is 1. The molecule has 0 aliphatic carbocycles. The molecule has 19 heavy (non-hydrogen) atoms. The molecule has 1 aliphatic rings. The Morgan fingerprint density at radius 1 is 1.42 bits per heavy atom. The highest BCUT2D eigenvalue weighted by atomic mass is 16.5. The molecule has 1 aliphatic heterocycles. The number of carbonyl (C=O) groups excluding carboxylic acids is 1. The lowest BCUT2D eigenvalue weighted by atomic mass is 10.1.